The molecule has 0 unspecified atom stereocenters. The van der Waals surface area contributed by atoms with Crippen LogP contribution in [-0.2, 0) is 18.4 Å². The van der Waals surface area contributed by atoms with Gasteiger partial charge in [0.1, 0.15) is 5.75 Å². The average Bonchev–Trinajstić information content (AvgIpc) is 2.86. The summed E-state index contributed by atoms with van der Waals surface area (Å²) in [6, 6.07) is 7.08. The molecule has 112 valence electrons. The van der Waals surface area contributed by atoms with Crippen molar-refractivity contribution in [2.45, 2.75) is 13.0 Å². The lowest BCUT2D eigenvalue weighted by Crippen LogP contribution is -2.27. The van der Waals surface area contributed by atoms with Gasteiger partial charge in [0, 0.05) is 37.4 Å². The van der Waals surface area contributed by atoms with Gasteiger partial charge in [-0.25, -0.2) is 0 Å². The van der Waals surface area contributed by atoms with Crippen molar-refractivity contribution in [1.82, 2.24) is 14.7 Å². The Kier molecular flexibility index (Phi) is 5.22. The second-order valence-corrected chi connectivity index (χ2v) is 5.26. The van der Waals surface area contributed by atoms with E-state index in [9.17, 15) is 4.79 Å². The summed E-state index contributed by atoms with van der Waals surface area (Å²) in [7, 11) is 3.63. The Labute approximate surface area is 129 Å². The largest absolute Gasteiger partial charge is 0.493 e. The van der Waals surface area contributed by atoms with Gasteiger partial charge in [-0.15, -0.1) is 0 Å². The van der Waals surface area contributed by atoms with Crippen molar-refractivity contribution in [3.05, 3.63) is 47.2 Å². The highest BCUT2D eigenvalue weighted by Crippen LogP contribution is 2.15. The maximum Gasteiger partial charge on any atom is 0.226 e. The number of halogens is 1. The van der Waals surface area contributed by atoms with Crippen LogP contribution in [0.3, 0.4) is 0 Å². The van der Waals surface area contributed by atoms with E-state index in [1.54, 1.807) is 47.1 Å². The second kappa shape index (κ2) is 7.13. The minimum atomic E-state index is 0.0350. The van der Waals surface area contributed by atoms with Crippen molar-refractivity contribution < 1.29 is 9.53 Å². The third kappa shape index (κ3) is 4.79. The van der Waals surface area contributed by atoms with Gasteiger partial charge in [-0.1, -0.05) is 11.6 Å². The van der Waals surface area contributed by atoms with Gasteiger partial charge >= 0.3 is 0 Å². The quantitative estimate of drug-likeness (QED) is 0.824. The summed E-state index contributed by atoms with van der Waals surface area (Å²) in [6.07, 6.45) is 3.99. The van der Waals surface area contributed by atoms with E-state index in [-0.39, 0.29) is 5.91 Å². The molecule has 1 heterocycles. The predicted octanol–water partition coefficient (Wildman–Crippen LogP) is 2.50. The van der Waals surface area contributed by atoms with Gasteiger partial charge in [-0.2, -0.15) is 5.10 Å². The molecule has 0 radical (unpaired) electrons. The standard InChI is InChI=1S/C15H18ClN3O2/c1-18(10-12-9-17-19(2)11-12)15(20)7-8-21-14-5-3-13(16)4-6-14/h3-6,9,11H,7-8,10H2,1-2H3. The third-order valence-corrected chi connectivity index (χ3v) is 3.25. The van der Waals surface area contributed by atoms with Crippen LogP contribution < -0.4 is 4.74 Å². The number of ether oxygens (including phenoxy) is 1. The number of aryl methyl sites for hydroxylation is 1. The molecule has 0 aliphatic heterocycles. The molecule has 0 bridgehead atoms. The monoisotopic (exact) mass is 307 g/mol. The smallest absolute Gasteiger partial charge is 0.226 e. The van der Waals surface area contributed by atoms with Crippen molar-refractivity contribution in [3.8, 4) is 5.75 Å². The first kappa shape index (κ1) is 15.4. The van der Waals surface area contributed by atoms with E-state index in [2.05, 4.69) is 5.10 Å². The Balaban J connectivity index is 1.74. The van der Waals surface area contributed by atoms with Crippen LogP contribution in [0.5, 0.6) is 5.75 Å². The zero-order chi connectivity index (χ0) is 15.2. The second-order valence-electron chi connectivity index (χ2n) is 4.82. The number of amides is 1. The van der Waals surface area contributed by atoms with Crippen molar-refractivity contribution in [1.29, 1.82) is 0 Å². The van der Waals surface area contributed by atoms with Gasteiger partial charge < -0.3 is 9.64 Å². The summed E-state index contributed by atoms with van der Waals surface area (Å²) in [6.45, 7) is 0.894. The van der Waals surface area contributed by atoms with Crippen molar-refractivity contribution >= 4 is 17.5 Å². The van der Waals surface area contributed by atoms with Crippen LogP contribution in [0.15, 0.2) is 36.7 Å². The van der Waals surface area contributed by atoms with Crippen LogP contribution in [0.1, 0.15) is 12.0 Å². The number of aromatic nitrogens is 2. The molecule has 1 aromatic carbocycles. The normalized spacial score (nSPS) is 10.4. The van der Waals surface area contributed by atoms with E-state index < -0.39 is 0 Å². The lowest BCUT2D eigenvalue weighted by Gasteiger charge is -2.16. The summed E-state index contributed by atoms with van der Waals surface area (Å²) in [5.41, 5.74) is 1.01. The molecular weight excluding hydrogens is 290 g/mol. The zero-order valence-electron chi connectivity index (χ0n) is 12.1. The van der Waals surface area contributed by atoms with Gasteiger partial charge in [-0.05, 0) is 24.3 Å². The Morgan fingerprint density at radius 1 is 1.38 bits per heavy atom. The predicted molar refractivity (Wildman–Crippen MR) is 81.2 cm³/mol. The lowest BCUT2D eigenvalue weighted by molar-refractivity contribution is -0.130. The Morgan fingerprint density at radius 3 is 2.71 bits per heavy atom. The van der Waals surface area contributed by atoms with Crippen LogP contribution in [-0.4, -0.2) is 34.2 Å². The molecule has 2 rings (SSSR count). The Hall–Kier alpha value is -2.01. The highest BCUT2D eigenvalue weighted by molar-refractivity contribution is 6.30. The minimum Gasteiger partial charge on any atom is -0.493 e. The number of hydrogen-bond donors (Lipinski definition) is 0. The van der Waals surface area contributed by atoms with Crippen LogP contribution in [0.2, 0.25) is 5.02 Å². The zero-order valence-corrected chi connectivity index (χ0v) is 12.9. The van der Waals surface area contributed by atoms with Crippen molar-refractivity contribution in [2.24, 2.45) is 7.05 Å². The number of nitrogens with zero attached hydrogens (tertiary/aromatic N) is 3. The summed E-state index contributed by atoms with van der Waals surface area (Å²) in [5, 5.41) is 4.74. The molecule has 2 aromatic rings. The Morgan fingerprint density at radius 2 is 2.10 bits per heavy atom. The van der Waals surface area contributed by atoms with Crippen LogP contribution >= 0.6 is 11.6 Å². The first-order valence-corrected chi connectivity index (χ1v) is 7.02. The van der Waals surface area contributed by atoms with E-state index in [1.807, 2.05) is 13.2 Å². The lowest BCUT2D eigenvalue weighted by atomic mass is 10.3. The van der Waals surface area contributed by atoms with Gasteiger partial charge in [0.2, 0.25) is 5.91 Å². The molecule has 5 nitrogen and oxygen atoms in total. The SMILES string of the molecule is CN(Cc1cnn(C)c1)C(=O)CCOc1ccc(Cl)cc1. The fourth-order valence-electron chi connectivity index (χ4n) is 1.89. The molecule has 0 spiro atoms. The molecular formula is C15H18ClN3O2. The first-order valence-electron chi connectivity index (χ1n) is 6.64. The highest BCUT2D eigenvalue weighted by atomic mass is 35.5. The van der Waals surface area contributed by atoms with Crippen LogP contribution in [0.4, 0.5) is 0 Å². The highest BCUT2D eigenvalue weighted by Gasteiger charge is 2.10. The number of benzene rings is 1. The third-order valence-electron chi connectivity index (χ3n) is 3.00. The molecule has 0 fully saturated rings. The molecule has 0 N–H and O–H groups in total. The number of carbonyl (C=O) groups excluding carboxylic acids is 1. The molecule has 6 heteroatoms. The molecule has 1 aromatic heterocycles. The van der Waals surface area contributed by atoms with Gasteiger partial charge in [0.05, 0.1) is 19.2 Å². The summed E-state index contributed by atoms with van der Waals surface area (Å²) in [4.78, 5) is 13.7. The van der Waals surface area contributed by atoms with Gasteiger partial charge in [-0.3, -0.25) is 9.48 Å². The molecule has 0 saturated heterocycles. The molecule has 0 atom stereocenters. The molecule has 21 heavy (non-hydrogen) atoms. The van der Waals surface area contributed by atoms with Crippen LogP contribution in [0.25, 0.3) is 0 Å². The van der Waals surface area contributed by atoms with Gasteiger partial charge in [0.25, 0.3) is 0 Å². The van der Waals surface area contributed by atoms with Gasteiger partial charge in [0.15, 0.2) is 0 Å². The van der Waals surface area contributed by atoms with Crippen molar-refractivity contribution in [3.63, 3.8) is 0 Å². The summed E-state index contributed by atoms with van der Waals surface area (Å²) in [5.74, 6) is 0.745. The molecule has 0 saturated carbocycles. The maximum atomic E-state index is 12.0. The number of carbonyl (C=O) groups is 1. The number of hydrogen-bond acceptors (Lipinski definition) is 3. The summed E-state index contributed by atoms with van der Waals surface area (Å²) < 4.78 is 7.23. The van der Waals surface area contributed by atoms with E-state index in [4.69, 9.17) is 16.3 Å². The number of rotatable bonds is 6. The fourth-order valence-corrected chi connectivity index (χ4v) is 2.02. The topological polar surface area (TPSA) is 47.4 Å². The van der Waals surface area contributed by atoms with E-state index in [0.717, 1.165) is 5.56 Å². The molecule has 0 aliphatic rings. The molecule has 1 amide bonds. The summed E-state index contributed by atoms with van der Waals surface area (Å²) >= 11 is 5.79. The maximum absolute atomic E-state index is 12.0. The van der Waals surface area contributed by atoms with E-state index in [1.165, 1.54) is 0 Å². The Bertz CT molecular complexity index is 595. The van der Waals surface area contributed by atoms with Crippen LogP contribution in [0, 0.1) is 0 Å². The minimum absolute atomic E-state index is 0.0350. The van der Waals surface area contributed by atoms with Crippen molar-refractivity contribution in [2.75, 3.05) is 13.7 Å². The van der Waals surface area contributed by atoms with E-state index in [0.29, 0.717) is 30.3 Å². The fraction of sp³-hybridized carbons (Fsp3) is 0.333. The molecule has 0 aliphatic carbocycles. The average molecular weight is 308 g/mol. The first-order chi connectivity index (χ1) is 10.0. The van der Waals surface area contributed by atoms with E-state index >= 15 is 0 Å².